The summed E-state index contributed by atoms with van der Waals surface area (Å²) in [7, 11) is 3.37. The quantitative estimate of drug-likeness (QED) is 0.324. The molecule has 0 spiro atoms. The van der Waals surface area contributed by atoms with E-state index < -0.39 is 0 Å². The van der Waals surface area contributed by atoms with Crippen LogP contribution in [0.2, 0.25) is 0 Å². The van der Waals surface area contributed by atoms with E-state index in [1.54, 1.807) is 25.6 Å². The van der Waals surface area contributed by atoms with Gasteiger partial charge in [0.2, 0.25) is 0 Å². The van der Waals surface area contributed by atoms with E-state index in [2.05, 4.69) is 20.6 Å². The standard InChI is InChI=1S/C19H28N4O2S.HI/c1-6-20-18(22-13-19(2,3)25-5)21-11-15-12-26-17(23-15)14-7-9-16(24-4)10-8-14;/h7-10,12H,6,11,13H2,1-5H3,(H2,20,21,22);1H. The van der Waals surface area contributed by atoms with Gasteiger partial charge in [0, 0.05) is 31.1 Å². The number of halogens is 1. The number of rotatable bonds is 8. The third-order valence-corrected chi connectivity index (χ3v) is 4.81. The molecule has 0 radical (unpaired) electrons. The third kappa shape index (κ3) is 7.63. The van der Waals surface area contributed by atoms with E-state index in [1.165, 1.54) is 0 Å². The smallest absolute Gasteiger partial charge is 0.191 e. The van der Waals surface area contributed by atoms with Gasteiger partial charge in [0.1, 0.15) is 10.8 Å². The maximum Gasteiger partial charge on any atom is 0.191 e. The van der Waals surface area contributed by atoms with Gasteiger partial charge in [-0.1, -0.05) is 0 Å². The number of benzene rings is 1. The van der Waals surface area contributed by atoms with Crippen molar-refractivity contribution in [3.05, 3.63) is 35.3 Å². The minimum atomic E-state index is -0.252. The van der Waals surface area contributed by atoms with E-state index in [1.807, 2.05) is 50.4 Å². The van der Waals surface area contributed by atoms with Crippen LogP contribution in [0, 0.1) is 0 Å². The zero-order valence-corrected chi connectivity index (χ0v) is 19.7. The summed E-state index contributed by atoms with van der Waals surface area (Å²) >= 11 is 1.62. The van der Waals surface area contributed by atoms with Crippen molar-refractivity contribution in [1.29, 1.82) is 0 Å². The van der Waals surface area contributed by atoms with Gasteiger partial charge in [-0.3, -0.25) is 0 Å². The van der Waals surface area contributed by atoms with Crippen LogP contribution in [0.25, 0.3) is 10.6 Å². The molecule has 1 aromatic carbocycles. The second-order valence-corrected chi connectivity index (χ2v) is 7.24. The van der Waals surface area contributed by atoms with Crippen molar-refractivity contribution >= 4 is 41.3 Å². The Hall–Kier alpha value is -1.39. The van der Waals surface area contributed by atoms with E-state index in [4.69, 9.17) is 9.47 Å². The Morgan fingerprint density at radius 2 is 1.89 bits per heavy atom. The maximum atomic E-state index is 5.43. The number of aromatic nitrogens is 1. The molecule has 8 heteroatoms. The van der Waals surface area contributed by atoms with Crippen molar-refractivity contribution < 1.29 is 9.47 Å². The fourth-order valence-corrected chi connectivity index (χ4v) is 2.93. The van der Waals surface area contributed by atoms with Gasteiger partial charge < -0.3 is 20.1 Å². The molecule has 1 aromatic heterocycles. The predicted octanol–water partition coefficient (Wildman–Crippen LogP) is 3.92. The Balaban J connectivity index is 0.00000364. The lowest BCUT2D eigenvalue weighted by Gasteiger charge is -2.24. The van der Waals surface area contributed by atoms with Crippen LogP contribution >= 0.6 is 35.3 Å². The van der Waals surface area contributed by atoms with E-state index in [-0.39, 0.29) is 29.6 Å². The zero-order valence-electron chi connectivity index (χ0n) is 16.5. The second kappa shape index (κ2) is 11.5. The first-order valence-corrected chi connectivity index (χ1v) is 9.51. The Kier molecular flexibility index (Phi) is 10.0. The van der Waals surface area contributed by atoms with Crippen LogP contribution in [0.15, 0.2) is 34.6 Å². The summed E-state index contributed by atoms with van der Waals surface area (Å²) in [4.78, 5) is 9.30. The van der Waals surface area contributed by atoms with Crippen LogP contribution < -0.4 is 15.4 Å². The Bertz CT molecular complexity index is 717. The summed E-state index contributed by atoms with van der Waals surface area (Å²) in [5.41, 5.74) is 1.78. The van der Waals surface area contributed by atoms with Gasteiger partial charge in [-0.25, -0.2) is 9.98 Å². The summed E-state index contributed by atoms with van der Waals surface area (Å²) < 4.78 is 10.6. The Morgan fingerprint density at radius 1 is 1.19 bits per heavy atom. The summed E-state index contributed by atoms with van der Waals surface area (Å²) in [5, 5.41) is 9.58. The fraction of sp³-hybridized carbons (Fsp3) is 0.474. The molecule has 0 fully saturated rings. The number of aliphatic imine (C=N–C) groups is 1. The summed E-state index contributed by atoms with van der Waals surface area (Å²) in [5.74, 6) is 1.60. The minimum Gasteiger partial charge on any atom is -0.497 e. The average molecular weight is 504 g/mol. The lowest BCUT2D eigenvalue weighted by atomic mass is 10.1. The van der Waals surface area contributed by atoms with E-state index >= 15 is 0 Å². The number of hydrogen-bond acceptors (Lipinski definition) is 5. The summed E-state index contributed by atoms with van der Waals surface area (Å²) in [6.45, 7) is 8.10. The third-order valence-electron chi connectivity index (χ3n) is 3.87. The van der Waals surface area contributed by atoms with E-state index in [0.717, 1.165) is 34.5 Å². The number of nitrogens with one attached hydrogen (secondary N) is 2. The van der Waals surface area contributed by atoms with Gasteiger partial charge in [0.05, 0.1) is 24.9 Å². The first-order valence-electron chi connectivity index (χ1n) is 8.63. The van der Waals surface area contributed by atoms with Gasteiger partial charge in [-0.2, -0.15) is 0 Å². The van der Waals surface area contributed by atoms with Gasteiger partial charge in [0.25, 0.3) is 0 Å². The molecular weight excluding hydrogens is 475 g/mol. The van der Waals surface area contributed by atoms with Crippen LogP contribution in [0.3, 0.4) is 0 Å². The van der Waals surface area contributed by atoms with E-state index in [9.17, 15) is 0 Å². The van der Waals surface area contributed by atoms with Crippen molar-refractivity contribution in [2.45, 2.75) is 32.9 Å². The molecule has 150 valence electrons. The van der Waals surface area contributed by atoms with Gasteiger partial charge in [0.15, 0.2) is 5.96 Å². The number of guanidine groups is 1. The van der Waals surface area contributed by atoms with Crippen molar-refractivity contribution in [3.8, 4) is 16.3 Å². The van der Waals surface area contributed by atoms with Crippen molar-refractivity contribution in [3.63, 3.8) is 0 Å². The molecule has 0 aliphatic carbocycles. The molecule has 6 nitrogen and oxygen atoms in total. The van der Waals surface area contributed by atoms with Gasteiger partial charge in [-0.15, -0.1) is 35.3 Å². The number of nitrogens with zero attached hydrogens (tertiary/aromatic N) is 2. The Labute approximate surface area is 182 Å². The molecule has 2 N–H and O–H groups in total. The summed E-state index contributed by atoms with van der Waals surface area (Å²) in [6, 6.07) is 7.92. The average Bonchev–Trinajstić information content (AvgIpc) is 3.13. The summed E-state index contributed by atoms with van der Waals surface area (Å²) in [6.07, 6.45) is 0. The van der Waals surface area contributed by atoms with Crippen LogP contribution in [0.1, 0.15) is 26.5 Å². The van der Waals surface area contributed by atoms with Crippen molar-refractivity contribution in [1.82, 2.24) is 15.6 Å². The molecule has 0 aliphatic heterocycles. The van der Waals surface area contributed by atoms with Crippen molar-refractivity contribution in [2.75, 3.05) is 27.3 Å². The molecule has 0 amide bonds. The minimum absolute atomic E-state index is 0. The number of ether oxygens (including phenoxy) is 2. The SMILES string of the molecule is CCNC(=NCc1csc(-c2ccc(OC)cc2)n1)NCC(C)(C)OC.I. The lowest BCUT2D eigenvalue weighted by Crippen LogP contribution is -2.45. The molecule has 0 aliphatic rings. The lowest BCUT2D eigenvalue weighted by molar-refractivity contribution is 0.0268. The molecular formula is C19H29IN4O2S. The molecule has 2 rings (SSSR count). The Morgan fingerprint density at radius 3 is 2.48 bits per heavy atom. The first kappa shape index (κ1) is 23.6. The molecule has 0 bridgehead atoms. The van der Waals surface area contributed by atoms with E-state index in [0.29, 0.717) is 13.1 Å². The largest absolute Gasteiger partial charge is 0.497 e. The number of hydrogen-bond donors (Lipinski definition) is 2. The highest BCUT2D eigenvalue weighted by molar-refractivity contribution is 14.0. The highest BCUT2D eigenvalue weighted by atomic mass is 127. The molecule has 0 saturated carbocycles. The molecule has 1 heterocycles. The molecule has 0 unspecified atom stereocenters. The second-order valence-electron chi connectivity index (χ2n) is 6.39. The van der Waals surface area contributed by atoms with Gasteiger partial charge >= 0.3 is 0 Å². The van der Waals surface area contributed by atoms with Crippen molar-refractivity contribution in [2.24, 2.45) is 4.99 Å². The fourth-order valence-electron chi connectivity index (χ4n) is 2.12. The monoisotopic (exact) mass is 504 g/mol. The zero-order chi connectivity index (χ0) is 19.0. The van der Waals surface area contributed by atoms with Crippen LogP contribution in [-0.4, -0.2) is 43.9 Å². The first-order chi connectivity index (χ1) is 12.5. The topological polar surface area (TPSA) is 67.8 Å². The maximum absolute atomic E-state index is 5.43. The normalized spacial score (nSPS) is 11.7. The van der Waals surface area contributed by atoms with Crippen LogP contribution in [0.5, 0.6) is 5.75 Å². The van der Waals surface area contributed by atoms with Gasteiger partial charge in [-0.05, 0) is 45.0 Å². The number of thiazole rings is 1. The highest BCUT2D eigenvalue weighted by Gasteiger charge is 2.16. The predicted molar refractivity (Wildman–Crippen MR) is 123 cm³/mol. The molecule has 2 aromatic rings. The molecule has 0 atom stereocenters. The van der Waals surface area contributed by atoms with Crippen LogP contribution in [0.4, 0.5) is 0 Å². The molecule has 27 heavy (non-hydrogen) atoms. The number of methoxy groups -OCH3 is 2. The highest BCUT2D eigenvalue weighted by Crippen LogP contribution is 2.25. The van der Waals surface area contributed by atoms with Crippen LogP contribution in [-0.2, 0) is 11.3 Å². The molecule has 0 saturated heterocycles.